The summed E-state index contributed by atoms with van der Waals surface area (Å²) in [5.41, 5.74) is 2.45. The van der Waals surface area contributed by atoms with Gasteiger partial charge in [0.15, 0.2) is 0 Å². The van der Waals surface area contributed by atoms with E-state index < -0.39 is 0 Å². The molecule has 120 valence electrons. The molecule has 0 radical (unpaired) electrons. The van der Waals surface area contributed by atoms with E-state index in [1.54, 1.807) is 25.2 Å². The Morgan fingerprint density at radius 2 is 2.00 bits per heavy atom. The Hall–Kier alpha value is -2.83. The van der Waals surface area contributed by atoms with Gasteiger partial charge in [-0.05, 0) is 41.5 Å². The molecule has 0 fully saturated rings. The number of rotatable bonds is 4. The normalized spacial score (nSPS) is 11.6. The minimum absolute atomic E-state index is 0.295. The number of aromatic nitrogens is 5. The highest BCUT2D eigenvalue weighted by Crippen LogP contribution is 2.23. The minimum Gasteiger partial charge on any atom is -0.488 e. The molecule has 0 aliphatic carbocycles. The van der Waals surface area contributed by atoms with Crippen molar-refractivity contribution in [3.8, 4) is 11.6 Å². The Labute approximate surface area is 135 Å². The average molecular weight is 315 g/mol. The van der Waals surface area contributed by atoms with Gasteiger partial charge in [-0.2, -0.15) is 4.68 Å². The molecule has 0 aliphatic rings. The van der Waals surface area contributed by atoms with Crippen molar-refractivity contribution in [3.05, 3.63) is 57.6 Å². The average Bonchev–Trinajstić information content (AvgIpc) is 2.98. The van der Waals surface area contributed by atoms with E-state index in [-0.39, 0.29) is 5.69 Å². The van der Waals surface area contributed by atoms with E-state index in [9.17, 15) is 4.79 Å². The molecule has 23 heavy (non-hydrogen) atoms. The lowest BCUT2D eigenvalue weighted by Gasteiger charge is -2.11. The van der Waals surface area contributed by atoms with Gasteiger partial charge in [-0.25, -0.2) is 4.79 Å². The van der Waals surface area contributed by atoms with E-state index in [0.29, 0.717) is 24.2 Å². The number of para-hydroxylation sites is 1. The van der Waals surface area contributed by atoms with E-state index in [2.05, 4.69) is 10.4 Å². The van der Waals surface area contributed by atoms with Crippen LogP contribution in [0.3, 0.4) is 0 Å². The first kappa shape index (κ1) is 13.8. The molecule has 0 saturated heterocycles. The highest BCUT2D eigenvalue weighted by Gasteiger charge is 2.18. The van der Waals surface area contributed by atoms with E-state index in [4.69, 9.17) is 6.11 Å². The summed E-state index contributed by atoms with van der Waals surface area (Å²) in [6.07, 6.45) is 1.93. The zero-order chi connectivity index (χ0) is 17.4. The smallest absolute Gasteiger partial charge is 0.369 e. The van der Waals surface area contributed by atoms with Crippen molar-refractivity contribution >= 4 is 0 Å². The van der Waals surface area contributed by atoms with Gasteiger partial charge in [-0.15, -0.1) is 4.68 Å². The van der Waals surface area contributed by atoms with Gasteiger partial charge in [0.25, 0.3) is 0 Å². The lowest BCUT2D eigenvalue weighted by Crippen LogP contribution is -2.24. The van der Waals surface area contributed by atoms with Crippen LogP contribution in [0.2, 0.25) is 0 Å². The van der Waals surface area contributed by atoms with Gasteiger partial charge in [0.05, 0.1) is 1.37 Å². The van der Waals surface area contributed by atoms with Gasteiger partial charge in [-0.1, -0.05) is 18.2 Å². The fraction of sp³-hybridized carbons (Fsp3) is 0.312. The fourth-order valence-corrected chi connectivity index (χ4v) is 2.53. The Kier molecular flexibility index (Phi) is 3.45. The second-order valence-electron chi connectivity index (χ2n) is 5.50. The molecule has 1 aromatic carbocycles. The summed E-state index contributed by atoms with van der Waals surface area (Å²) >= 11 is 0. The van der Waals surface area contributed by atoms with Crippen LogP contribution < -0.4 is 10.4 Å². The predicted octanol–water partition coefficient (Wildman–Crippen LogP) is 1.50. The van der Waals surface area contributed by atoms with Crippen LogP contribution in [0.5, 0.6) is 5.75 Å². The Bertz CT molecular complexity index is 954. The highest BCUT2D eigenvalue weighted by molar-refractivity contribution is 5.41. The lowest BCUT2D eigenvalue weighted by atomic mass is 10.2. The number of aryl methyl sites for hydroxylation is 4. The maximum atomic E-state index is 12.2. The van der Waals surface area contributed by atoms with Crippen LogP contribution in [0.1, 0.15) is 18.1 Å². The first-order valence-electron chi connectivity index (χ1n) is 7.72. The predicted molar refractivity (Wildman–Crippen MR) is 85.8 cm³/mol. The van der Waals surface area contributed by atoms with Gasteiger partial charge < -0.3 is 9.30 Å². The monoisotopic (exact) mass is 315 g/mol. The van der Waals surface area contributed by atoms with Crippen molar-refractivity contribution < 1.29 is 6.11 Å². The third kappa shape index (κ3) is 2.65. The van der Waals surface area contributed by atoms with Crippen molar-refractivity contribution in [3.63, 3.8) is 0 Å². The summed E-state index contributed by atoms with van der Waals surface area (Å²) in [7, 11) is 3.41. The van der Waals surface area contributed by atoms with Crippen LogP contribution in [0.15, 0.2) is 35.2 Å². The Morgan fingerprint density at radius 1 is 1.22 bits per heavy atom. The molecule has 0 amide bonds. The van der Waals surface area contributed by atoms with Gasteiger partial charge in [0.2, 0.25) is 0 Å². The minimum atomic E-state index is -0.313. The summed E-state index contributed by atoms with van der Waals surface area (Å²) in [5, 5.41) is 7.69. The molecule has 0 N–H and O–H groups in total. The largest absolute Gasteiger partial charge is 0.488 e. The fourth-order valence-electron chi connectivity index (χ4n) is 2.53. The van der Waals surface area contributed by atoms with Crippen molar-refractivity contribution in [2.75, 3.05) is 0 Å². The molecule has 0 bridgehead atoms. The van der Waals surface area contributed by atoms with Gasteiger partial charge in [0, 0.05) is 25.9 Å². The standard InChI is InChI=1S/C16H19N5O2/c1-11-7-5-6-8-14(11)23-10-13-12(2)9-19(3)15(13)21-16(22)20(4)17-18-21/h5-9H,10H2,1-4H3/i5T. The molecule has 7 heteroatoms. The number of tetrazole rings is 1. The third-order valence-electron chi connectivity index (χ3n) is 3.78. The van der Waals surface area contributed by atoms with Crippen LogP contribution in [0.4, 0.5) is 0 Å². The second kappa shape index (κ2) is 5.75. The summed E-state index contributed by atoms with van der Waals surface area (Å²) in [6.45, 7) is 4.16. The molecule has 0 unspecified atom stereocenters. The lowest BCUT2D eigenvalue weighted by molar-refractivity contribution is 0.302. The maximum Gasteiger partial charge on any atom is 0.369 e. The first-order chi connectivity index (χ1) is 11.4. The summed E-state index contributed by atoms with van der Waals surface area (Å²) < 4.78 is 17.8. The van der Waals surface area contributed by atoms with Crippen LogP contribution in [0.25, 0.3) is 5.82 Å². The highest BCUT2D eigenvalue weighted by atomic mass is 16.5. The molecular weight excluding hydrogens is 294 g/mol. The molecule has 7 nitrogen and oxygen atoms in total. The maximum absolute atomic E-state index is 12.2. The van der Waals surface area contributed by atoms with Gasteiger partial charge in [0.1, 0.15) is 18.2 Å². The topological polar surface area (TPSA) is 66.9 Å². The number of nitrogens with zero attached hydrogens (tertiary/aromatic N) is 5. The van der Waals surface area contributed by atoms with Crippen LogP contribution in [0, 0.1) is 13.8 Å². The molecule has 0 saturated carbocycles. The molecule has 3 aromatic rings. The molecule has 2 aromatic heterocycles. The molecule has 0 atom stereocenters. The van der Waals surface area contributed by atoms with Crippen molar-refractivity contribution in [1.82, 2.24) is 24.4 Å². The van der Waals surface area contributed by atoms with Crippen molar-refractivity contribution in [2.24, 2.45) is 14.1 Å². The SMILES string of the molecule is [3H]c1ccc(OCc2c(C)cn(C)c2-n2nnn(C)c2=O)c(C)c1. The van der Waals surface area contributed by atoms with Gasteiger partial charge in [-0.3, -0.25) is 0 Å². The first-order valence-corrected chi connectivity index (χ1v) is 7.22. The summed E-state index contributed by atoms with van der Waals surface area (Å²) in [4.78, 5) is 12.2. The zero-order valence-corrected chi connectivity index (χ0v) is 13.6. The van der Waals surface area contributed by atoms with Crippen LogP contribution >= 0.6 is 0 Å². The Balaban J connectivity index is 1.97. The molecule has 3 rings (SSSR count). The molecule has 0 spiro atoms. The van der Waals surface area contributed by atoms with E-state index in [1.165, 1.54) is 9.36 Å². The number of benzene rings is 1. The quantitative estimate of drug-likeness (QED) is 0.732. The Morgan fingerprint density at radius 3 is 2.65 bits per heavy atom. The van der Waals surface area contributed by atoms with Crippen molar-refractivity contribution in [1.29, 1.82) is 0 Å². The molecule has 0 aliphatic heterocycles. The summed E-state index contributed by atoms with van der Waals surface area (Å²) in [6, 6.07) is 5.67. The number of hydrogen-bond acceptors (Lipinski definition) is 4. The number of ether oxygens (including phenoxy) is 1. The van der Waals surface area contributed by atoms with E-state index in [1.807, 2.05) is 31.7 Å². The molecule has 2 heterocycles. The summed E-state index contributed by atoms with van der Waals surface area (Å²) in [5.74, 6) is 1.35. The van der Waals surface area contributed by atoms with Gasteiger partial charge >= 0.3 is 5.69 Å². The number of hydrogen-bond donors (Lipinski definition) is 0. The van der Waals surface area contributed by atoms with E-state index in [0.717, 1.165) is 16.7 Å². The van der Waals surface area contributed by atoms with E-state index >= 15 is 0 Å². The van der Waals surface area contributed by atoms with Crippen LogP contribution in [-0.2, 0) is 20.7 Å². The zero-order valence-electron chi connectivity index (χ0n) is 14.6. The van der Waals surface area contributed by atoms with Crippen molar-refractivity contribution in [2.45, 2.75) is 20.5 Å². The second-order valence-corrected chi connectivity index (χ2v) is 5.50. The third-order valence-corrected chi connectivity index (χ3v) is 3.78. The van der Waals surface area contributed by atoms with Crippen LogP contribution in [-0.4, -0.2) is 24.4 Å². The molecular formula is C16H19N5O2.